The van der Waals surface area contributed by atoms with Gasteiger partial charge in [0.1, 0.15) is 0 Å². The smallest absolute Gasteiger partial charge is 0.165 e. The van der Waals surface area contributed by atoms with Crippen molar-refractivity contribution in [1.82, 2.24) is 5.32 Å². The average Bonchev–Trinajstić information content (AvgIpc) is 2.47. The maximum Gasteiger partial charge on any atom is 0.165 e. The van der Waals surface area contributed by atoms with E-state index >= 15 is 0 Å². The highest BCUT2D eigenvalue weighted by molar-refractivity contribution is 9.10. The summed E-state index contributed by atoms with van der Waals surface area (Å²) in [6.07, 6.45) is 0. The number of methoxy groups -OCH3 is 1. The second kappa shape index (κ2) is 7.05. The zero-order valence-electron chi connectivity index (χ0n) is 12.4. The van der Waals surface area contributed by atoms with Crippen molar-refractivity contribution in [3.63, 3.8) is 0 Å². The van der Waals surface area contributed by atoms with Crippen LogP contribution >= 0.6 is 15.9 Å². The lowest BCUT2D eigenvalue weighted by Crippen LogP contribution is -2.22. The molecule has 21 heavy (non-hydrogen) atoms. The maximum absolute atomic E-state index is 13.8. The lowest BCUT2D eigenvalue weighted by Gasteiger charge is -2.21. The van der Waals surface area contributed by atoms with Gasteiger partial charge < -0.3 is 10.1 Å². The summed E-state index contributed by atoms with van der Waals surface area (Å²) in [4.78, 5) is 0. The van der Waals surface area contributed by atoms with Gasteiger partial charge in [-0.15, -0.1) is 0 Å². The Morgan fingerprint density at radius 2 is 1.57 bits per heavy atom. The average molecular weight is 352 g/mol. The summed E-state index contributed by atoms with van der Waals surface area (Å²) in [5.74, 6) is -0.0631. The highest BCUT2D eigenvalue weighted by Gasteiger charge is 2.13. The van der Waals surface area contributed by atoms with Crippen LogP contribution in [-0.2, 0) is 0 Å². The van der Waals surface area contributed by atoms with E-state index in [1.165, 1.54) is 18.7 Å². The van der Waals surface area contributed by atoms with E-state index in [0.29, 0.717) is 0 Å². The fourth-order valence-electron chi connectivity index (χ4n) is 2.27. The van der Waals surface area contributed by atoms with Gasteiger partial charge in [-0.05, 0) is 49.2 Å². The molecular weight excluding hydrogens is 333 g/mol. The van der Waals surface area contributed by atoms with E-state index in [0.717, 1.165) is 10.0 Å². The molecule has 1 N–H and O–H groups in total. The first-order chi connectivity index (χ1) is 10.0. The highest BCUT2D eigenvalue weighted by Crippen LogP contribution is 2.24. The fraction of sp³-hybridized carbons (Fsp3) is 0.294. The van der Waals surface area contributed by atoms with Gasteiger partial charge in [-0.3, -0.25) is 0 Å². The quantitative estimate of drug-likeness (QED) is 0.817. The van der Waals surface area contributed by atoms with Crippen molar-refractivity contribution in [1.29, 1.82) is 0 Å². The zero-order chi connectivity index (χ0) is 15.4. The third-order valence-electron chi connectivity index (χ3n) is 3.55. The van der Waals surface area contributed by atoms with Crippen molar-refractivity contribution in [2.24, 2.45) is 0 Å². The lowest BCUT2D eigenvalue weighted by atomic mass is 10.0. The molecule has 2 atom stereocenters. The molecule has 2 rings (SSSR count). The van der Waals surface area contributed by atoms with Crippen LogP contribution in [0.5, 0.6) is 5.75 Å². The molecule has 0 saturated carbocycles. The standard InChI is InChI=1S/C17H19BrFNO/c1-11(13-4-7-15(18)8-5-13)20-12(2)14-6-9-17(21-3)16(19)10-14/h4-12,20H,1-3H3. The summed E-state index contributed by atoms with van der Waals surface area (Å²) in [6, 6.07) is 13.5. The van der Waals surface area contributed by atoms with Crippen LogP contribution in [0.3, 0.4) is 0 Å². The molecule has 0 saturated heterocycles. The molecule has 0 aromatic heterocycles. The van der Waals surface area contributed by atoms with Crippen LogP contribution in [0.2, 0.25) is 0 Å². The zero-order valence-corrected chi connectivity index (χ0v) is 13.9. The van der Waals surface area contributed by atoms with Crippen LogP contribution < -0.4 is 10.1 Å². The molecule has 0 heterocycles. The molecule has 0 aliphatic heterocycles. The Bertz CT molecular complexity index is 600. The molecule has 2 nitrogen and oxygen atoms in total. The summed E-state index contributed by atoms with van der Waals surface area (Å²) in [7, 11) is 1.47. The predicted octanol–water partition coefficient (Wildman–Crippen LogP) is 5.01. The van der Waals surface area contributed by atoms with Crippen LogP contribution in [-0.4, -0.2) is 7.11 Å². The normalized spacial score (nSPS) is 13.8. The van der Waals surface area contributed by atoms with Crippen molar-refractivity contribution >= 4 is 15.9 Å². The number of rotatable bonds is 5. The van der Waals surface area contributed by atoms with Crippen molar-refractivity contribution in [3.8, 4) is 5.75 Å². The van der Waals surface area contributed by atoms with Crippen molar-refractivity contribution in [3.05, 3.63) is 63.9 Å². The third kappa shape index (κ3) is 4.05. The Labute approximate surface area is 133 Å². The summed E-state index contributed by atoms with van der Waals surface area (Å²) in [5.41, 5.74) is 2.09. The minimum absolute atomic E-state index is 0.0454. The Morgan fingerprint density at radius 1 is 1.00 bits per heavy atom. The lowest BCUT2D eigenvalue weighted by molar-refractivity contribution is 0.385. The molecule has 0 aliphatic rings. The Kier molecular flexibility index (Phi) is 5.37. The second-order valence-corrected chi connectivity index (χ2v) is 5.97. The van der Waals surface area contributed by atoms with Gasteiger partial charge in [0.05, 0.1) is 7.11 Å². The Hall–Kier alpha value is -1.39. The molecule has 0 radical (unpaired) electrons. The first-order valence-electron chi connectivity index (χ1n) is 6.86. The molecule has 112 valence electrons. The van der Waals surface area contributed by atoms with Gasteiger partial charge in [-0.2, -0.15) is 0 Å². The van der Waals surface area contributed by atoms with Crippen molar-refractivity contribution < 1.29 is 9.13 Å². The van der Waals surface area contributed by atoms with Crippen LogP contribution in [0.1, 0.15) is 37.1 Å². The van der Waals surface area contributed by atoms with Crippen LogP contribution in [0.25, 0.3) is 0 Å². The maximum atomic E-state index is 13.8. The van der Waals surface area contributed by atoms with Crippen molar-refractivity contribution in [2.75, 3.05) is 7.11 Å². The SMILES string of the molecule is COc1ccc(C(C)NC(C)c2ccc(Br)cc2)cc1F. The fourth-order valence-corrected chi connectivity index (χ4v) is 2.54. The molecule has 2 aromatic carbocycles. The molecule has 0 aliphatic carbocycles. The van der Waals surface area contributed by atoms with E-state index in [1.807, 2.05) is 25.1 Å². The van der Waals surface area contributed by atoms with Crippen LogP contribution in [0, 0.1) is 5.82 Å². The van der Waals surface area contributed by atoms with E-state index < -0.39 is 0 Å². The minimum atomic E-state index is -0.333. The molecule has 0 bridgehead atoms. The first kappa shape index (κ1) is 16.0. The molecule has 4 heteroatoms. The summed E-state index contributed by atoms with van der Waals surface area (Å²) in [6.45, 7) is 4.12. The molecule has 2 unspecified atom stereocenters. The topological polar surface area (TPSA) is 21.3 Å². The number of halogens is 2. The largest absolute Gasteiger partial charge is 0.494 e. The number of hydrogen-bond acceptors (Lipinski definition) is 2. The van der Waals surface area contributed by atoms with Gasteiger partial charge >= 0.3 is 0 Å². The number of ether oxygens (including phenoxy) is 1. The van der Waals surface area contributed by atoms with Gasteiger partial charge in [-0.1, -0.05) is 34.1 Å². The van der Waals surface area contributed by atoms with Crippen LogP contribution in [0.4, 0.5) is 4.39 Å². The summed E-state index contributed by atoms with van der Waals surface area (Å²) < 4.78 is 19.8. The van der Waals surface area contributed by atoms with E-state index in [-0.39, 0.29) is 23.7 Å². The van der Waals surface area contributed by atoms with Gasteiger partial charge in [-0.25, -0.2) is 4.39 Å². The van der Waals surface area contributed by atoms with Gasteiger partial charge in [0.25, 0.3) is 0 Å². The van der Waals surface area contributed by atoms with Gasteiger partial charge in [0, 0.05) is 16.6 Å². The minimum Gasteiger partial charge on any atom is -0.494 e. The first-order valence-corrected chi connectivity index (χ1v) is 7.65. The van der Waals surface area contributed by atoms with Crippen molar-refractivity contribution in [2.45, 2.75) is 25.9 Å². The third-order valence-corrected chi connectivity index (χ3v) is 4.07. The molecule has 2 aromatic rings. The number of benzene rings is 2. The molecule has 0 amide bonds. The summed E-state index contributed by atoms with van der Waals surface area (Å²) in [5, 5.41) is 3.47. The molecule has 0 fully saturated rings. The monoisotopic (exact) mass is 351 g/mol. The van der Waals surface area contributed by atoms with E-state index in [2.05, 4.69) is 40.3 Å². The van der Waals surface area contributed by atoms with Crippen LogP contribution in [0.15, 0.2) is 46.9 Å². The summed E-state index contributed by atoms with van der Waals surface area (Å²) >= 11 is 3.43. The Balaban J connectivity index is 2.08. The second-order valence-electron chi connectivity index (χ2n) is 5.06. The number of hydrogen-bond donors (Lipinski definition) is 1. The van der Waals surface area contributed by atoms with E-state index in [1.54, 1.807) is 6.07 Å². The van der Waals surface area contributed by atoms with E-state index in [4.69, 9.17) is 4.74 Å². The highest BCUT2D eigenvalue weighted by atomic mass is 79.9. The van der Waals surface area contributed by atoms with Gasteiger partial charge in [0.15, 0.2) is 11.6 Å². The number of nitrogens with one attached hydrogen (secondary N) is 1. The molecule has 0 spiro atoms. The van der Waals surface area contributed by atoms with E-state index in [9.17, 15) is 4.39 Å². The van der Waals surface area contributed by atoms with Gasteiger partial charge in [0.2, 0.25) is 0 Å². The molecular formula is C17H19BrFNO. The Morgan fingerprint density at radius 3 is 2.14 bits per heavy atom. The predicted molar refractivity (Wildman–Crippen MR) is 87.1 cm³/mol.